The Morgan fingerprint density at radius 1 is 1.73 bits per heavy atom. The van der Waals surface area contributed by atoms with Crippen molar-refractivity contribution in [1.82, 2.24) is 4.98 Å². The minimum absolute atomic E-state index is 0.205. The lowest BCUT2D eigenvalue weighted by Gasteiger charge is -1.93. The molecule has 1 aromatic rings. The van der Waals surface area contributed by atoms with Gasteiger partial charge >= 0.3 is 5.97 Å². The number of nitrogens with one attached hydrogen (secondary N) is 1. The number of hydrogen-bond acceptors (Lipinski definition) is 2. The Hall–Kier alpha value is -1.25. The van der Waals surface area contributed by atoms with Crippen molar-refractivity contribution < 1.29 is 9.53 Å². The van der Waals surface area contributed by atoms with Crippen LogP contribution in [-0.4, -0.2) is 18.1 Å². The molecule has 0 saturated heterocycles. The van der Waals surface area contributed by atoms with Crippen LogP contribution in [0.1, 0.15) is 11.3 Å². The van der Waals surface area contributed by atoms with Gasteiger partial charge in [-0.05, 0) is 18.6 Å². The lowest BCUT2D eigenvalue weighted by atomic mass is 10.2. The largest absolute Gasteiger partial charge is 0.469 e. The second-order valence-corrected chi connectivity index (χ2v) is 2.44. The van der Waals surface area contributed by atoms with E-state index in [1.807, 2.05) is 19.2 Å². The van der Waals surface area contributed by atoms with Crippen LogP contribution in [-0.2, 0) is 16.0 Å². The normalized spacial score (nSPS) is 9.64. The highest BCUT2D eigenvalue weighted by Gasteiger charge is 2.02. The summed E-state index contributed by atoms with van der Waals surface area (Å²) in [4.78, 5) is 13.7. The molecule has 0 aliphatic rings. The summed E-state index contributed by atoms with van der Waals surface area (Å²) < 4.78 is 4.51. The van der Waals surface area contributed by atoms with Crippen LogP contribution in [0, 0.1) is 6.92 Å². The number of aryl methyl sites for hydroxylation is 1. The first-order valence-electron chi connectivity index (χ1n) is 3.43. The van der Waals surface area contributed by atoms with Gasteiger partial charge in [0.05, 0.1) is 13.5 Å². The van der Waals surface area contributed by atoms with Crippen LogP contribution >= 0.6 is 0 Å². The molecule has 60 valence electrons. The van der Waals surface area contributed by atoms with Crippen molar-refractivity contribution in [2.24, 2.45) is 0 Å². The van der Waals surface area contributed by atoms with Crippen molar-refractivity contribution in [2.45, 2.75) is 13.3 Å². The molecule has 0 bridgehead atoms. The Morgan fingerprint density at radius 3 is 2.91 bits per heavy atom. The number of H-pyrrole nitrogens is 1. The first-order chi connectivity index (χ1) is 5.22. The van der Waals surface area contributed by atoms with E-state index < -0.39 is 0 Å². The first kappa shape index (κ1) is 7.85. The van der Waals surface area contributed by atoms with Gasteiger partial charge in [0.1, 0.15) is 0 Å². The zero-order valence-electron chi connectivity index (χ0n) is 6.68. The Morgan fingerprint density at radius 2 is 2.45 bits per heavy atom. The maximum atomic E-state index is 10.8. The third-order valence-corrected chi connectivity index (χ3v) is 1.46. The van der Waals surface area contributed by atoms with Crippen LogP contribution < -0.4 is 0 Å². The second kappa shape index (κ2) is 3.23. The molecule has 0 fully saturated rings. The summed E-state index contributed by atoms with van der Waals surface area (Å²) in [7, 11) is 1.39. The number of hydrogen-bond donors (Lipinski definition) is 1. The van der Waals surface area contributed by atoms with Crippen LogP contribution in [0.25, 0.3) is 0 Å². The Labute approximate surface area is 65.4 Å². The predicted octanol–water partition coefficient (Wildman–Crippen LogP) is 1.04. The summed E-state index contributed by atoms with van der Waals surface area (Å²) in [6.45, 7) is 1.95. The number of aromatic amines is 1. The standard InChI is InChI=1S/C8H11NO2/c1-6-3-7(5-9-6)4-8(10)11-2/h3,5,9H,4H2,1-2H3. The monoisotopic (exact) mass is 153 g/mol. The van der Waals surface area contributed by atoms with Crippen molar-refractivity contribution in [1.29, 1.82) is 0 Å². The molecule has 1 heterocycles. The topological polar surface area (TPSA) is 42.1 Å². The van der Waals surface area contributed by atoms with Gasteiger partial charge in [-0.1, -0.05) is 0 Å². The molecule has 1 N–H and O–H groups in total. The van der Waals surface area contributed by atoms with Gasteiger partial charge in [-0.15, -0.1) is 0 Å². The third kappa shape index (κ3) is 2.11. The van der Waals surface area contributed by atoms with Crippen LogP contribution in [0.5, 0.6) is 0 Å². The van der Waals surface area contributed by atoms with Gasteiger partial charge in [0.15, 0.2) is 0 Å². The molecule has 3 heteroatoms. The number of carbonyl (C=O) groups excluding carboxylic acids is 1. The molecule has 11 heavy (non-hydrogen) atoms. The second-order valence-electron chi connectivity index (χ2n) is 2.44. The SMILES string of the molecule is COC(=O)Cc1c[nH]c(C)c1. The van der Waals surface area contributed by atoms with Crippen molar-refractivity contribution in [3.05, 3.63) is 23.5 Å². The van der Waals surface area contributed by atoms with E-state index in [1.165, 1.54) is 7.11 Å². The first-order valence-corrected chi connectivity index (χ1v) is 3.43. The zero-order valence-corrected chi connectivity index (χ0v) is 6.68. The number of esters is 1. The summed E-state index contributed by atoms with van der Waals surface area (Å²) in [6.07, 6.45) is 2.16. The number of rotatable bonds is 2. The minimum Gasteiger partial charge on any atom is -0.469 e. The van der Waals surface area contributed by atoms with E-state index in [0.29, 0.717) is 6.42 Å². The van der Waals surface area contributed by atoms with Crippen LogP contribution in [0.4, 0.5) is 0 Å². The molecule has 1 rings (SSSR count). The number of ether oxygens (including phenoxy) is 1. The predicted molar refractivity (Wildman–Crippen MR) is 41.2 cm³/mol. The molecule has 0 saturated carbocycles. The zero-order chi connectivity index (χ0) is 8.27. The fourth-order valence-electron chi connectivity index (χ4n) is 0.909. The molecule has 1 aromatic heterocycles. The summed E-state index contributed by atoms with van der Waals surface area (Å²) in [5.74, 6) is -0.205. The molecule has 0 unspecified atom stereocenters. The average Bonchev–Trinajstić information content (AvgIpc) is 2.35. The molecule has 3 nitrogen and oxygen atoms in total. The maximum Gasteiger partial charge on any atom is 0.310 e. The molecular weight excluding hydrogens is 142 g/mol. The smallest absolute Gasteiger partial charge is 0.310 e. The van der Waals surface area contributed by atoms with Gasteiger partial charge < -0.3 is 9.72 Å². The van der Waals surface area contributed by atoms with Gasteiger partial charge in [-0.3, -0.25) is 4.79 Å². The molecule has 0 aliphatic carbocycles. The van der Waals surface area contributed by atoms with E-state index in [2.05, 4.69) is 9.72 Å². The number of methoxy groups -OCH3 is 1. The van der Waals surface area contributed by atoms with Crippen molar-refractivity contribution in [3.8, 4) is 0 Å². The van der Waals surface area contributed by atoms with E-state index in [0.717, 1.165) is 11.3 Å². The van der Waals surface area contributed by atoms with Crippen molar-refractivity contribution in [3.63, 3.8) is 0 Å². The van der Waals surface area contributed by atoms with Crippen LogP contribution in [0.15, 0.2) is 12.3 Å². The molecule has 0 radical (unpaired) electrons. The molecule has 0 atom stereocenters. The minimum atomic E-state index is -0.205. The summed E-state index contributed by atoms with van der Waals surface area (Å²) in [5, 5.41) is 0. The van der Waals surface area contributed by atoms with Gasteiger partial charge in [-0.2, -0.15) is 0 Å². The van der Waals surface area contributed by atoms with Crippen LogP contribution in [0.3, 0.4) is 0 Å². The van der Waals surface area contributed by atoms with Gasteiger partial charge in [0.25, 0.3) is 0 Å². The summed E-state index contributed by atoms with van der Waals surface area (Å²) in [6, 6.07) is 1.93. The molecule has 0 amide bonds. The maximum absolute atomic E-state index is 10.8. The summed E-state index contributed by atoms with van der Waals surface area (Å²) >= 11 is 0. The Balaban J connectivity index is 2.57. The van der Waals surface area contributed by atoms with Gasteiger partial charge in [0, 0.05) is 11.9 Å². The summed E-state index contributed by atoms with van der Waals surface area (Å²) in [5.41, 5.74) is 2.03. The Kier molecular flexibility index (Phi) is 2.31. The van der Waals surface area contributed by atoms with E-state index in [-0.39, 0.29) is 5.97 Å². The highest BCUT2D eigenvalue weighted by Crippen LogP contribution is 2.02. The van der Waals surface area contributed by atoms with Crippen LogP contribution in [0.2, 0.25) is 0 Å². The molecular formula is C8H11NO2. The number of carbonyl (C=O) groups is 1. The van der Waals surface area contributed by atoms with E-state index in [4.69, 9.17) is 0 Å². The Bertz CT molecular complexity index is 252. The quantitative estimate of drug-likeness (QED) is 0.645. The van der Waals surface area contributed by atoms with E-state index >= 15 is 0 Å². The fourth-order valence-corrected chi connectivity index (χ4v) is 0.909. The molecule has 0 aliphatic heterocycles. The van der Waals surface area contributed by atoms with Crippen molar-refractivity contribution in [2.75, 3.05) is 7.11 Å². The molecule has 0 spiro atoms. The van der Waals surface area contributed by atoms with Gasteiger partial charge in [0.2, 0.25) is 0 Å². The highest BCUT2D eigenvalue weighted by molar-refractivity contribution is 5.72. The fraction of sp³-hybridized carbons (Fsp3) is 0.375. The molecule has 0 aromatic carbocycles. The van der Waals surface area contributed by atoms with Gasteiger partial charge in [-0.25, -0.2) is 0 Å². The van der Waals surface area contributed by atoms with Crippen molar-refractivity contribution >= 4 is 5.97 Å². The highest BCUT2D eigenvalue weighted by atomic mass is 16.5. The third-order valence-electron chi connectivity index (χ3n) is 1.46. The van der Waals surface area contributed by atoms with E-state index in [9.17, 15) is 4.79 Å². The van der Waals surface area contributed by atoms with E-state index in [1.54, 1.807) is 0 Å². The lowest BCUT2D eigenvalue weighted by molar-refractivity contribution is -0.139. The lowest BCUT2D eigenvalue weighted by Crippen LogP contribution is -2.03. The number of aromatic nitrogens is 1. The average molecular weight is 153 g/mol.